The van der Waals surface area contributed by atoms with E-state index >= 15 is 0 Å². The van der Waals surface area contributed by atoms with Gasteiger partial charge in [-0.2, -0.15) is 0 Å². The summed E-state index contributed by atoms with van der Waals surface area (Å²) in [5, 5.41) is -1.29. The number of rotatable bonds is 0. The van der Waals surface area contributed by atoms with Crippen molar-refractivity contribution in [2.75, 3.05) is 0 Å². The van der Waals surface area contributed by atoms with Gasteiger partial charge >= 0.3 is 0 Å². The Morgan fingerprint density at radius 3 is 1.84 bits per heavy atom. The van der Waals surface area contributed by atoms with Crippen molar-refractivity contribution >= 4 is 92.8 Å². The summed E-state index contributed by atoms with van der Waals surface area (Å²) in [6.07, 6.45) is -0.379. The number of allylic oxidation sites excluding steroid dienone is 2. The fraction of sp³-hybridized carbons (Fsp3) is 0.800. The summed E-state index contributed by atoms with van der Waals surface area (Å²) in [4.78, 5) is -2.70. The summed E-state index contributed by atoms with van der Waals surface area (Å²) < 4.78 is 3.88. The van der Waals surface area contributed by atoms with E-state index in [9.17, 15) is 0 Å². The molecule has 1 nitrogen and oxygen atoms in total. The number of halogens is 8. The van der Waals surface area contributed by atoms with Crippen molar-refractivity contribution in [1.82, 2.24) is 0 Å². The molecule has 0 aromatic rings. The second-order valence-corrected chi connectivity index (χ2v) is 9.65. The summed E-state index contributed by atoms with van der Waals surface area (Å²) in [7, 11) is 0. The van der Waals surface area contributed by atoms with Gasteiger partial charge in [-0.05, 0) is 0 Å². The molecule has 0 aromatic carbocycles. The van der Waals surface area contributed by atoms with Gasteiger partial charge in [0.2, 0.25) is 0 Å². The third kappa shape index (κ3) is 1.16. The molecule has 4 aliphatic rings. The van der Waals surface area contributed by atoms with Crippen LogP contribution in [0.5, 0.6) is 0 Å². The predicted octanol–water partition coefficient (Wildman–Crippen LogP) is 5.02. The molecule has 3 fully saturated rings. The lowest BCUT2D eigenvalue weighted by atomic mass is 9.83. The van der Waals surface area contributed by atoms with Crippen molar-refractivity contribution in [3.63, 3.8) is 0 Å². The zero-order chi connectivity index (χ0) is 14.2. The zero-order valence-electron chi connectivity index (χ0n) is 8.74. The third-order valence-corrected chi connectivity index (χ3v) is 10.2. The zero-order valence-corrected chi connectivity index (χ0v) is 14.8. The maximum absolute atomic E-state index is 6.65. The monoisotopic (exact) mass is 420 g/mol. The Morgan fingerprint density at radius 1 is 0.842 bits per heavy atom. The molecule has 0 radical (unpaired) electrons. The van der Waals surface area contributed by atoms with E-state index in [1.54, 1.807) is 0 Å². The van der Waals surface area contributed by atoms with E-state index in [0.29, 0.717) is 0 Å². The smallest absolute Gasteiger partial charge is 0.185 e. The number of epoxide rings is 1. The molecular formula is C10H4Cl8O. The van der Waals surface area contributed by atoms with Crippen molar-refractivity contribution in [3.05, 3.63) is 10.1 Å². The molecule has 0 aromatic heterocycles. The van der Waals surface area contributed by atoms with Crippen molar-refractivity contribution in [2.24, 2.45) is 11.8 Å². The minimum Gasteiger partial charge on any atom is -0.347 e. The minimum atomic E-state index is -1.58. The molecule has 4 rings (SSSR count). The van der Waals surface area contributed by atoms with Crippen LogP contribution >= 0.6 is 92.8 Å². The van der Waals surface area contributed by atoms with Crippen molar-refractivity contribution in [3.8, 4) is 0 Å². The van der Waals surface area contributed by atoms with Gasteiger partial charge in [-0.15, -0.1) is 34.8 Å². The van der Waals surface area contributed by atoms with Crippen molar-refractivity contribution in [1.29, 1.82) is 0 Å². The van der Waals surface area contributed by atoms with E-state index in [1.165, 1.54) is 0 Å². The van der Waals surface area contributed by atoms with Gasteiger partial charge in [-0.1, -0.05) is 58.0 Å². The Kier molecular flexibility index (Phi) is 2.75. The lowest BCUT2D eigenvalue weighted by molar-refractivity contribution is 0.194. The summed E-state index contributed by atoms with van der Waals surface area (Å²) >= 11 is 51.3. The van der Waals surface area contributed by atoms with E-state index < -0.39 is 30.4 Å². The molecule has 1 saturated heterocycles. The van der Waals surface area contributed by atoms with Gasteiger partial charge in [-0.3, -0.25) is 0 Å². The van der Waals surface area contributed by atoms with Gasteiger partial charge in [0, 0.05) is 11.8 Å². The molecule has 7 atom stereocenters. The number of ether oxygens (including phenoxy) is 1. The van der Waals surface area contributed by atoms with E-state index in [-0.39, 0.29) is 22.1 Å². The largest absolute Gasteiger partial charge is 0.347 e. The topological polar surface area (TPSA) is 12.5 Å². The Bertz CT molecular complexity index is 520. The predicted molar refractivity (Wildman–Crippen MR) is 80.4 cm³/mol. The molecule has 7 unspecified atom stereocenters. The van der Waals surface area contributed by atoms with Crippen LogP contribution in [0.4, 0.5) is 0 Å². The molecule has 2 bridgehead atoms. The molecule has 1 heterocycles. The van der Waals surface area contributed by atoms with Crippen LogP contribution in [0, 0.1) is 11.8 Å². The highest BCUT2D eigenvalue weighted by molar-refractivity contribution is 6.66. The van der Waals surface area contributed by atoms with Gasteiger partial charge in [0.1, 0.15) is 15.9 Å². The van der Waals surface area contributed by atoms with E-state index in [2.05, 4.69) is 0 Å². The number of hydrogen-bond acceptors (Lipinski definition) is 1. The van der Waals surface area contributed by atoms with E-state index in [0.717, 1.165) is 0 Å². The summed E-state index contributed by atoms with van der Waals surface area (Å²) in [5.74, 6) is -0.786. The molecule has 2 saturated carbocycles. The number of alkyl halides is 6. The van der Waals surface area contributed by atoms with E-state index in [1.807, 2.05) is 0 Å². The third-order valence-electron chi connectivity index (χ3n) is 4.71. The van der Waals surface area contributed by atoms with Gasteiger partial charge in [0.25, 0.3) is 0 Å². The Balaban J connectivity index is 2.00. The summed E-state index contributed by atoms with van der Waals surface area (Å²) in [5.41, 5.74) is 0. The molecule has 0 amide bonds. The highest BCUT2D eigenvalue weighted by Gasteiger charge is 2.92. The van der Waals surface area contributed by atoms with Crippen LogP contribution in [-0.2, 0) is 4.74 Å². The van der Waals surface area contributed by atoms with Crippen molar-refractivity contribution in [2.45, 2.75) is 30.6 Å². The molecule has 1 aliphatic heterocycles. The molecule has 0 spiro atoms. The maximum Gasteiger partial charge on any atom is 0.185 e. The highest BCUT2D eigenvalue weighted by Crippen LogP contribution is 2.83. The first-order valence-corrected chi connectivity index (χ1v) is 8.47. The maximum atomic E-state index is 6.65. The first-order chi connectivity index (χ1) is 8.56. The normalized spacial score (nSPS) is 64.4. The second kappa shape index (κ2) is 3.57. The van der Waals surface area contributed by atoms with Crippen LogP contribution in [0.15, 0.2) is 10.1 Å². The number of hydrogen-bond donors (Lipinski definition) is 0. The molecular weight excluding hydrogens is 420 g/mol. The van der Waals surface area contributed by atoms with Crippen LogP contribution in [0.25, 0.3) is 0 Å². The van der Waals surface area contributed by atoms with Crippen LogP contribution in [0.3, 0.4) is 0 Å². The summed E-state index contributed by atoms with van der Waals surface area (Å²) in [6, 6.07) is 0. The standard InChI is InChI=1S/C10H4Cl8O/c11-3-1-2(6-9(3,16)19-6)8(15)5(13)4(12)7(1,14)10(8,17)18/h1-3,6H. The Morgan fingerprint density at radius 2 is 1.32 bits per heavy atom. The Hall–Kier alpha value is 2.02. The molecule has 19 heavy (non-hydrogen) atoms. The average Bonchev–Trinajstić information content (AvgIpc) is 2.90. The highest BCUT2D eigenvalue weighted by atomic mass is 35.5. The average molecular weight is 424 g/mol. The first kappa shape index (κ1) is 14.6. The minimum absolute atomic E-state index is 0.143. The first-order valence-electron chi connectivity index (χ1n) is 5.39. The van der Waals surface area contributed by atoms with Gasteiger partial charge in [0.05, 0.1) is 15.4 Å². The Labute approximate surface area is 149 Å². The van der Waals surface area contributed by atoms with Gasteiger partial charge < -0.3 is 4.74 Å². The van der Waals surface area contributed by atoms with Crippen LogP contribution < -0.4 is 0 Å². The second-order valence-electron chi connectivity index (χ2n) is 5.32. The van der Waals surface area contributed by atoms with Crippen LogP contribution in [-0.4, -0.2) is 30.6 Å². The lowest BCUT2D eigenvalue weighted by Crippen LogP contribution is -2.47. The SMILES string of the molecule is ClC1=C(Cl)C2(Cl)C3C4OC4(Cl)C(Cl)C3C1(Cl)C2(Cl)Cl. The van der Waals surface area contributed by atoms with Gasteiger partial charge in [0.15, 0.2) is 9.39 Å². The van der Waals surface area contributed by atoms with Crippen molar-refractivity contribution < 1.29 is 4.74 Å². The summed E-state index contributed by atoms with van der Waals surface area (Å²) in [6.45, 7) is 0. The van der Waals surface area contributed by atoms with E-state index in [4.69, 9.17) is 97.5 Å². The number of fused-ring (bicyclic) bond motifs is 7. The molecule has 0 N–H and O–H groups in total. The lowest BCUT2D eigenvalue weighted by Gasteiger charge is -2.35. The quantitative estimate of drug-likeness (QED) is 0.394. The van der Waals surface area contributed by atoms with Gasteiger partial charge in [-0.25, -0.2) is 0 Å². The fourth-order valence-corrected chi connectivity index (χ4v) is 7.80. The molecule has 9 heteroatoms. The van der Waals surface area contributed by atoms with Crippen LogP contribution in [0.1, 0.15) is 0 Å². The molecule has 3 aliphatic carbocycles. The molecule has 106 valence electrons. The fourth-order valence-electron chi connectivity index (χ4n) is 3.79. The van der Waals surface area contributed by atoms with Crippen LogP contribution in [0.2, 0.25) is 0 Å².